The number of carbonyl (C=O) groups excluding carboxylic acids is 2. The van der Waals surface area contributed by atoms with E-state index in [1.54, 1.807) is 4.90 Å². The van der Waals surface area contributed by atoms with E-state index in [-0.39, 0.29) is 22.8 Å². The molecule has 0 aromatic carbocycles. The van der Waals surface area contributed by atoms with Gasteiger partial charge in [0.2, 0.25) is 5.91 Å². The fourth-order valence-corrected chi connectivity index (χ4v) is 3.26. The zero-order valence-electron chi connectivity index (χ0n) is 11.8. The quantitative estimate of drug-likeness (QED) is 0.849. The van der Waals surface area contributed by atoms with Crippen molar-refractivity contribution in [2.24, 2.45) is 5.41 Å². The highest BCUT2D eigenvalue weighted by Crippen LogP contribution is 2.38. The molecule has 0 atom stereocenters. The van der Waals surface area contributed by atoms with Crippen molar-refractivity contribution in [2.45, 2.75) is 25.7 Å². The molecular weight excluding hydrogens is 273 g/mol. The van der Waals surface area contributed by atoms with Crippen LogP contribution in [0.25, 0.3) is 0 Å². The topological polar surface area (TPSA) is 62.3 Å². The second-order valence-electron chi connectivity index (χ2n) is 5.82. The first kappa shape index (κ1) is 14.0. The minimum Gasteiger partial charge on any atom is -0.356 e. The summed E-state index contributed by atoms with van der Waals surface area (Å²) < 4.78 is 13.1. The second kappa shape index (κ2) is 5.42. The van der Waals surface area contributed by atoms with Crippen LogP contribution in [0.4, 0.5) is 4.39 Å². The molecule has 3 heterocycles. The van der Waals surface area contributed by atoms with E-state index in [2.05, 4.69) is 10.3 Å². The Morgan fingerprint density at radius 1 is 1.29 bits per heavy atom. The first-order valence-corrected chi connectivity index (χ1v) is 7.29. The van der Waals surface area contributed by atoms with Crippen LogP contribution in [0.2, 0.25) is 0 Å². The normalized spacial score (nSPS) is 21.2. The fraction of sp³-hybridized carbons (Fsp3) is 0.533. The zero-order valence-corrected chi connectivity index (χ0v) is 11.8. The number of pyridine rings is 1. The van der Waals surface area contributed by atoms with E-state index in [1.165, 1.54) is 12.3 Å². The Labute approximate surface area is 122 Å². The van der Waals surface area contributed by atoms with Crippen LogP contribution in [0.15, 0.2) is 18.5 Å². The molecule has 1 aromatic heterocycles. The lowest BCUT2D eigenvalue weighted by atomic mass is 9.72. The molecule has 1 spiro atoms. The van der Waals surface area contributed by atoms with Crippen LogP contribution < -0.4 is 5.32 Å². The van der Waals surface area contributed by atoms with Gasteiger partial charge in [-0.3, -0.25) is 14.6 Å². The summed E-state index contributed by atoms with van der Waals surface area (Å²) in [6.07, 6.45) is 5.69. The minimum absolute atomic E-state index is 0.119. The van der Waals surface area contributed by atoms with Gasteiger partial charge in [-0.05, 0) is 31.7 Å². The number of piperidine rings is 2. The summed E-state index contributed by atoms with van der Waals surface area (Å²) in [5.74, 6) is -0.609. The number of rotatable bonds is 1. The molecule has 5 nitrogen and oxygen atoms in total. The third-order valence-electron chi connectivity index (χ3n) is 4.56. The standard InChI is InChI=1S/C15H18FN3O2/c16-12-8-11(9-17-10-12)13(20)19-6-3-15(4-7-19)2-1-5-18-14(15)21/h8-10H,1-7H2,(H,18,21). The lowest BCUT2D eigenvalue weighted by Gasteiger charge is -2.42. The van der Waals surface area contributed by atoms with E-state index >= 15 is 0 Å². The molecule has 2 aliphatic heterocycles. The van der Waals surface area contributed by atoms with Gasteiger partial charge in [0.15, 0.2) is 0 Å². The molecule has 1 N–H and O–H groups in total. The third kappa shape index (κ3) is 2.62. The Bertz CT molecular complexity index is 568. The number of hydrogen-bond donors (Lipinski definition) is 1. The predicted octanol–water partition coefficient (Wildman–Crippen LogP) is 1.35. The molecule has 0 aliphatic carbocycles. The molecule has 21 heavy (non-hydrogen) atoms. The van der Waals surface area contributed by atoms with Crippen LogP contribution in [-0.4, -0.2) is 41.3 Å². The zero-order chi connectivity index (χ0) is 14.9. The molecule has 0 saturated carbocycles. The monoisotopic (exact) mass is 291 g/mol. The van der Waals surface area contributed by atoms with E-state index < -0.39 is 5.82 Å². The second-order valence-corrected chi connectivity index (χ2v) is 5.82. The summed E-state index contributed by atoms with van der Waals surface area (Å²) in [5, 5.41) is 2.92. The van der Waals surface area contributed by atoms with Crippen LogP contribution in [0.5, 0.6) is 0 Å². The Kier molecular flexibility index (Phi) is 3.61. The van der Waals surface area contributed by atoms with Crippen molar-refractivity contribution in [1.82, 2.24) is 15.2 Å². The first-order chi connectivity index (χ1) is 10.1. The van der Waals surface area contributed by atoms with Gasteiger partial charge in [0.1, 0.15) is 5.82 Å². The summed E-state index contributed by atoms with van der Waals surface area (Å²) in [6.45, 7) is 1.81. The number of amides is 2. The molecule has 2 saturated heterocycles. The van der Waals surface area contributed by atoms with Crippen molar-refractivity contribution < 1.29 is 14.0 Å². The van der Waals surface area contributed by atoms with Gasteiger partial charge in [-0.2, -0.15) is 0 Å². The molecule has 2 amide bonds. The molecule has 1 aromatic rings. The number of carbonyl (C=O) groups is 2. The number of likely N-dealkylation sites (tertiary alicyclic amines) is 1. The summed E-state index contributed by atoms with van der Waals surface area (Å²) in [5.41, 5.74) is -0.0473. The van der Waals surface area contributed by atoms with E-state index in [4.69, 9.17) is 0 Å². The Morgan fingerprint density at radius 2 is 2.05 bits per heavy atom. The molecular formula is C15H18FN3O2. The van der Waals surface area contributed by atoms with Gasteiger partial charge in [0.25, 0.3) is 5.91 Å². The van der Waals surface area contributed by atoms with Gasteiger partial charge >= 0.3 is 0 Å². The predicted molar refractivity (Wildman–Crippen MR) is 74.0 cm³/mol. The average Bonchev–Trinajstić information content (AvgIpc) is 2.50. The molecule has 6 heteroatoms. The van der Waals surface area contributed by atoms with Crippen LogP contribution >= 0.6 is 0 Å². The van der Waals surface area contributed by atoms with Crippen molar-refractivity contribution >= 4 is 11.8 Å². The maximum absolute atomic E-state index is 13.1. The summed E-state index contributed by atoms with van der Waals surface area (Å²) in [7, 11) is 0. The highest BCUT2D eigenvalue weighted by atomic mass is 19.1. The lowest BCUT2D eigenvalue weighted by Crippen LogP contribution is -2.52. The highest BCUT2D eigenvalue weighted by Gasteiger charge is 2.43. The van der Waals surface area contributed by atoms with E-state index in [0.717, 1.165) is 25.6 Å². The van der Waals surface area contributed by atoms with Gasteiger partial charge in [-0.15, -0.1) is 0 Å². The van der Waals surface area contributed by atoms with Gasteiger partial charge < -0.3 is 10.2 Å². The van der Waals surface area contributed by atoms with Crippen molar-refractivity contribution in [3.05, 3.63) is 29.8 Å². The Morgan fingerprint density at radius 3 is 2.71 bits per heavy atom. The number of nitrogens with one attached hydrogen (secondary N) is 1. The third-order valence-corrected chi connectivity index (χ3v) is 4.56. The Hall–Kier alpha value is -1.98. The summed E-state index contributed by atoms with van der Waals surface area (Å²) in [6, 6.07) is 1.20. The molecule has 0 bridgehead atoms. The van der Waals surface area contributed by atoms with E-state index in [0.29, 0.717) is 25.9 Å². The van der Waals surface area contributed by atoms with Gasteiger partial charge in [0, 0.05) is 25.8 Å². The van der Waals surface area contributed by atoms with Gasteiger partial charge in [0.05, 0.1) is 17.2 Å². The maximum Gasteiger partial charge on any atom is 0.255 e. The van der Waals surface area contributed by atoms with Crippen molar-refractivity contribution in [1.29, 1.82) is 0 Å². The molecule has 2 fully saturated rings. The van der Waals surface area contributed by atoms with Crippen LogP contribution in [-0.2, 0) is 4.79 Å². The smallest absolute Gasteiger partial charge is 0.255 e. The number of hydrogen-bond acceptors (Lipinski definition) is 3. The van der Waals surface area contributed by atoms with E-state index in [1.807, 2.05) is 0 Å². The molecule has 0 unspecified atom stereocenters. The summed E-state index contributed by atoms with van der Waals surface area (Å²) >= 11 is 0. The fourth-order valence-electron chi connectivity index (χ4n) is 3.26. The van der Waals surface area contributed by atoms with Gasteiger partial charge in [-0.25, -0.2) is 4.39 Å². The number of nitrogens with zero attached hydrogens (tertiary/aromatic N) is 2. The minimum atomic E-state index is -0.513. The van der Waals surface area contributed by atoms with Gasteiger partial charge in [-0.1, -0.05) is 0 Å². The highest BCUT2D eigenvalue weighted by molar-refractivity contribution is 5.94. The lowest BCUT2D eigenvalue weighted by molar-refractivity contribution is -0.136. The summed E-state index contributed by atoms with van der Waals surface area (Å²) in [4.78, 5) is 29.8. The number of halogens is 1. The van der Waals surface area contributed by atoms with Crippen molar-refractivity contribution in [3.8, 4) is 0 Å². The maximum atomic E-state index is 13.1. The molecule has 2 aliphatic rings. The SMILES string of the molecule is O=C(c1cncc(F)c1)N1CCC2(CCCNC2=O)CC1. The van der Waals surface area contributed by atoms with Crippen LogP contribution in [0, 0.1) is 11.2 Å². The molecule has 3 rings (SSSR count). The molecule has 0 radical (unpaired) electrons. The molecule has 112 valence electrons. The van der Waals surface area contributed by atoms with Crippen LogP contribution in [0.1, 0.15) is 36.0 Å². The number of aromatic nitrogens is 1. The Balaban J connectivity index is 1.68. The van der Waals surface area contributed by atoms with Crippen molar-refractivity contribution in [2.75, 3.05) is 19.6 Å². The first-order valence-electron chi connectivity index (χ1n) is 7.29. The average molecular weight is 291 g/mol. The van der Waals surface area contributed by atoms with Crippen LogP contribution in [0.3, 0.4) is 0 Å². The van der Waals surface area contributed by atoms with E-state index in [9.17, 15) is 14.0 Å². The van der Waals surface area contributed by atoms with Crippen molar-refractivity contribution in [3.63, 3.8) is 0 Å². The largest absolute Gasteiger partial charge is 0.356 e.